The van der Waals surface area contributed by atoms with E-state index in [9.17, 15) is 103 Å². The second-order valence-corrected chi connectivity index (χ2v) is 29.1. The largest absolute Gasteiger partial charge is 0.508 e. The molecule has 39 heteroatoms. The molecule has 2 saturated heterocycles. The average molecular weight is 1680 g/mol. The van der Waals surface area contributed by atoms with Crippen molar-refractivity contribution in [1.29, 1.82) is 0 Å². The molecule has 14 amide bonds. The number of ether oxygens (including phenoxy) is 1. The lowest BCUT2D eigenvalue weighted by Crippen LogP contribution is -2.62. The zero-order valence-corrected chi connectivity index (χ0v) is 66.5. The second-order valence-electron chi connectivity index (χ2n) is 29.1. The van der Waals surface area contributed by atoms with Gasteiger partial charge in [-0.1, -0.05) is 115 Å². The van der Waals surface area contributed by atoms with Crippen LogP contribution in [0.5, 0.6) is 11.5 Å². The molecular weight excluding hydrogens is 1580 g/mol. The number of phenols is 2. The van der Waals surface area contributed by atoms with E-state index in [2.05, 4.69) is 69.1 Å². The fraction of sp³-hybridized carbons (Fsp3) is 0.427. The summed E-state index contributed by atoms with van der Waals surface area (Å²) in [7, 11) is 1.02. The van der Waals surface area contributed by atoms with Crippen molar-refractivity contribution in [3.05, 3.63) is 167 Å². The van der Waals surface area contributed by atoms with Gasteiger partial charge < -0.3 is 115 Å². The van der Waals surface area contributed by atoms with Crippen LogP contribution in [0.2, 0.25) is 0 Å². The standard InChI is InChI=1S/C82H102N14O25/c1-45(99)69(95-78(115)64(44-98)93-72(109)56(84-46(2)100)36-47-16-7-4-8-17-47)80(117)90-58(38-50-24-28-52(101)29-25-50)74(111)85-54-22-13-14-34-83-66(103)41-59(75(112)92-62(82(119)120)40-49-20-11-6-12-21-49)88-71(108)55(32-33-68(106)121-3)86-73(110)57(37-48-18-9-5-10-19-48)87-76(113)60(42-67(104)105)89-77(114)63(43-97)94-79(116)65-23-15-35-96(65)81(118)61(91-70(54)107)39-51-26-30-53(102)31-27-51/h4-12,16-21,24-31,45,54-65,69,97-99,101-102H,13-15,22-23,32-44H2,1-3H3,(H,83,103)(H,84,100)(H,85,111)(H,86,110)(H,87,113)(H,88,108)(H,89,114)(H,90,117)(H,91,107)(H,92,112)(H,93,109)(H,94,116)(H,95,115)(H,104,105)(H,119,120). The molecule has 650 valence electrons. The highest BCUT2D eigenvalue weighted by atomic mass is 16.5. The van der Waals surface area contributed by atoms with Crippen LogP contribution in [0.1, 0.15) is 99.5 Å². The Balaban J connectivity index is 1.27. The number of aromatic hydroxyl groups is 2. The first-order chi connectivity index (χ1) is 57.7. The molecule has 2 heterocycles. The van der Waals surface area contributed by atoms with Crippen LogP contribution in [0, 0.1) is 0 Å². The van der Waals surface area contributed by atoms with Crippen molar-refractivity contribution >= 4 is 101 Å². The summed E-state index contributed by atoms with van der Waals surface area (Å²) >= 11 is 0. The lowest BCUT2D eigenvalue weighted by molar-refractivity contribution is -0.143. The van der Waals surface area contributed by atoms with Crippen molar-refractivity contribution in [3.8, 4) is 11.5 Å². The Hall–Kier alpha value is -13.4. The number of methoxy groups -OCH3 is 1. The number of fused-ring (bicyclic) bond motifs is 1. The number of aliphatic hydroxyl groups is 3. The first-order valence-corrected chi connectivity index (χ1v) is 39.0. The van der Waals surface area contributed by atoms with Crippen LogP contribution in [-0.4, -0.2) is 259 Å². The highest BCUT2D eigenvalue weighted by Gasteiger charge is 2.43. The Bertz CT molecular complexity index is 4450. The van der Waals surface area contributed by atoms with Gasteiger partial charge in [0.15, 0.2) is 0 Å². The molecular formula is C82H102N14O25. The predicted molar refractivity (Wildman–Crippen MR) is 426 cm³/mol. The molecule has 2 fully saturated rings. The fourth-order valence-electron chi connectivity index (χ4n) is 13.3. The van der Waals surface area contributed by atoms with Gasteiger partial charge in [0.05, 0.1) is 39.3 Å². The highest BCUT2D eigenvalue weighted by Crippen LogP contribution is 2.23. The third kappa shape index (κ3) is 30.5. The predicted octanol–water partition coefficient (Wildman–Crippen LogP) is -3.99. The first kappa shape index (κ1) is 94.7. The van der Waals surface area contributed by atoms with Crippen molar-refractivity contribution in [1.82, 2.24) is 74.0 Å². The van der Waals surface area contributed by atoms with E-state index in [-0.39, 0.29) is 68.7 Å². The lowest BCUT2D eigenvalue weighted by atomic mass is 10.0. The minimum atomic E-state index is -2.12. The summed E-state index contributed by atoms with van der Waals surface area (Å²) in [5.74, 6) is -20.4. The molecule has 20 N–H and O–H groups in total. The number of rotatable bonds is 30. The van der Waals surface area contributed by atoms with Crippen molar-refractivity contribution < 1.29 is 122 Å². The maximum absolute atomic E-state index is 15.4. The number of esters is 1. The van der Waals surface area contributed by atoms with Gasteiger partial charge in [-0.3, -0.25) is 76.7 Å². The molecule has 2 aliphatic rings. The summed E-state index contributed by atoms with van der Waals surface area (Å²) in [6, 6.07) is 11.4. The van der Waals surface area contributed by atoms with Crippen molar-refractivity contribution in [3.63, 3.8) is 0 Å². The molecule has 0 radical (unpaired) electrons. The number of carboxylic acids is 2. The summed E-state index contributed by atoms with van der Waals surface area (Å²) < 4.78 is 4.81. The topological polar surface area (TPSA) is 601 Å². The molecule has 121 heavy (non-hydrogen) atoms. The molecule has 7 rings (SSSR count). The molecule has 0 saturated carbocycles. The molecule has 14 unspecified atom stereocenters. The van der Waals surface area contributed by atoms with E-state index in [0.29, 0.717) is 22.3 Å². The van der Waals surface area contributed by atoms with E-state index in [1.807, 2.05) is 0 Å². The number of nitrogens with zero attached hydrogens (tertiary/aromatic N) is 1. The molecule has 2 aliphatic heterocycles. The molecule has 0 bridgehead atoms. The zero-order valence-electron chi connectivity index (χ0n) is 66.5. The maximum atomic E-state index is 15.4. The van der Waals surface area contributed by atoms with E-state index in [4.69, 9.17) is 4.74 Å². The average Bonchev–Trinajstić information content (AvgIpc) is 1.73. The van der Waals surface area contributed by atoms with Gasteiger partial charge in [0.1, 0.15) is 90.0 Å². The van der Waals surface area contributed by atoms with Crippen LogP contribution in [0.4, 0.5) is 0 Å². The minimum Gasteiger partial charge on any atom is -0.508 e. The number of benzene rings is 5. The van der Waals surface area contributed by atoms with E-state index in [1.54, 1.807) is 78.9 Å². The Labute approximate surface area is 694 Å². The molecule has 5 aromatic carbocycles. The monoisotopic (exact) mass is 1680 g/mol. The quantitative estimate of drug-likeness (QED) is 0.0195. The summed E-state index contributed by atoms with van der Waals surface area (Å²) in [6.45, 7) is -0.584. The number of amides is 14. The van der Waals surface area contributed by atoms with Crippen molar-refractivity contribution in [2.24, 2.45) is 0 Å². The highest BCUT2D eigenvalue weighted by molar-refractivity contribution is 6.01. The van der Waals surface area contributed by atoms with E-state index in [0.717, 1.165) is 25.9 Å². The van der Waals surface area contributed by atoms with Crippen LogP contribution in [0.25, 0.3) is 0 Å². The summed E-state index contributed by atoms with van der Waals surface area (Å²) in [4.78, 5) is 241. The van der Waals surface area contributed by atoms with E-state index in [1.165, 1.54) is 60.7 Å². The molecule has 5 aromatic rings. The number of carbonyl (C=O) groups is 17. The number of hydrogen-bond acceptors (Lipinski definition) is 23. The van der Waals surface area contributed by atoms with Gasteiger partial charge in [-0.05, 0) is 97.5 Å². The number of carboxylic acid groups (broad SMARTS) is 2. The van der Waals surface area contributed by atoms with Gasteiger partial charge >= 0.3 is 17.9 Å². The van der Waals surface area contributed by atoms with Gasteiger partial charge in [-0.25, -0.2) is 4.79 Å². The van der Waals surface area contributed by atoms with Crippen molar-refractivity contribution in [2.45, 2.75) is 188 Å². The SMILES string of the molecule is COC(=O)CCC1NC(=O)C(Cc2ccccc2)NC(=O)C(CC(=O)O)NC(=O)C(CO)NC(=O)C2CCCN2C(=O)C(Cc2ccc(O)cc2)NC(=O)C(NC(=O)C(Cc2ccc(O)cc2)NC(=O)C(NC(=O)C(CO)NC(=O)C(Cc2ccccc2)NC(C)=O)C(C)O)CCCCNC(=O)CC(C(=O)NC(Cc2ccccc2)C(=O)O)NC1=O. The molecule has 39 nitrogen and oxygen atoms in total. The van der Waals surface area contributed by atoms with Gasteiger partial charge in [-0.2, -0.15) is 0 Å². The van der Waals surface area contributed by atoms with Crippen LogP contribution < -0.4 is 69.1 Å². The number of nitrogens with one attached hydrogen (secondary N) is 13. The van der Waals surface area contributed by atoms with Gasteiger partial charge in [0.25, 0.3) is 0 Å². The van der Waals surface area contributed by atoms with Crippen LogP contribution in [0.15, 0.2) is 140 Å². The fourth-order valence-corrected chi connectivity index (χ4v) is 13.3. The first-order valence-electron chi connectivity index (χ1n) is 39.0. The smallest absolute Gasteiger partial charge is 0.326 e. The lowest BCUT2D eigenvalue weighted by Gasteiger charge is -2.31. The number of carbonyl (C=O) groups excluding carboxylic acids is 15. The summed E-state index contributed by atoms with van der Waals surface area (Å²) in [5.41, 5.74) is 1.94. The number of aliphatic carboxylic acids is 2. The maximum Gasteiger partial charge on any atom is 0.326 e. The number of hydrogen-bond donors (Lipinski definition) is 20. The van der Waals surface area contributed by atoms with Gasteiger partial charge in [-0.15, -0.1) is 0 Å². The second kappa shape index (κ2) is 47.2. The Morgan fingerprint density at radius 2 is 0.992 bits per heavy atom. The number of phenolic OH excluding ortho intramolecular Hbond substituents is 2. The van der Waals surface area contributed by atoms with Gasteiger partial charge in [0, 0.05) is 58.5 Å². The zero-order chi connectivity index (χ0) is 88.4. The van der Waals surface area contributed by atoms with Crippen LogP contribution >= 0.6 is 0 Å². The third-order valence-electron chi connectivity index (χ3n) is 19.7. The minimum absolute atomic E-state index is 0.0624. The third-order valence-corrected chi connectivity index (χ3v) is 19.7. The Morgan fingerprint density at radius 1 is 0.504 bits per heavy atom. The molecule has 0 aromatic heterocycles. The molecule has 0 aliphatic carbocycles. The normalized spacial score (nSPS) is 20.9. The summed E-state index contributed by atoms with van der Waals surface area (Å²) in [5, 5.41) is 105. The van der Waals surface area contributed by atoms with Crippen LogP contribution in [-0.2, 0) is 118 Å². The summed E-state index contributed by atoms with van der Waals surface area (Å²) in [6.07, 6.45) is -7.58. The Morgan fingerprint density at radius 3 is 1.55 bits per heavy atom. The molecule has 14 atom stereocenters. The van der Waals surface area contributed by atoms with E-state index < -0.39 is 250 Å². The molecule has 0 spiro atoms. The van der Waals surface area contributed by atoms with Crippen LogP contribution in [0.3, 0.4) is 0 Å². The number of aliphatic hydroxyl groups excluding tert-OH is 3. The Kier molecular flexibility index (Phi) is 37.0. The van der Waals surface area contributed by atoms with E-state index >= 15 is 14.4 Å². The van der Waals surface area contributed by atoms with Crippen molar-refractivity contribution in [2.75, 3.05) is 33.4 Å². The van der Waals surface area contributed by atoms with Gasteiger partial charge in [0.2, 0.25) is 82.7 Å².